The van der Waals surface area contributed by atoms with E-state index in [0.29, 0.717) is 0 Å². The van der Waals surface area contributed by atoms with Gasteiger partial charge in [-0.1, -0.05) is 6.42 Å². The molecule has 1 aromatic heterocycles. The van der Waals surface area contributed by atoms with Crippen molar-refractivity contribution in [1.82, 2.24) is 4.98 Å². The maximum absolute atomic E-state index is 4.50. The number of halogens is 1. The van der Waals surface area contributed by atoms with Crippen molar-refractivity contribution in [1.29, 1.82) is 0 Å². The molecule has 0 bridgehead atoms. The third-order valence-corrected chi connectivity index (χ3v) is 3.88. The second kappa shape index (κ2) is 2.87. The average Bonchev–Trinajstić information content (AvgIpc) is 2.07. The highest BCUT2D eigenvalue weighted by molar-refractivity contribution is 9.11. The first kappa shape index (κ1) is 7.74. The quantitative estimate of drug-likeness (QED) is 0.722. The number of rotatable bonds is 1. The van der Waals surface area contributed by atoms with Gasteiger partial charge in [0.1, 0.15) is 0 Å². The Morgan fingerprint density at radius 3 is 2.64 bits per heavy atom. The largest absolute Gasteiger partial charge is 0.245 e. The van der Waals surface area contributed by atoms with E-state index in [4.69, 9.17) is 0 Å². The van der Waals surface area contributed by atoms with E-state index in [-0.39, 0.29) is 0 Å². The zero-order chi connectivity index (χ0) is 7.84. The van der Waals surface area contributed by atoms with Crippen LogP contribution in [0.25, 0.3) is 0 Å². The molecule has 0 spiro atoms. The van der Waals surface area contributed by atoms with E-state index >= 15 is 0 Å². The number of thiazole rings is 1. The lowest BCUT2D eigenvalue weighted by molar-refractivity contribution is 0.411. The monoisotopic (exact) mass is 231 g/mol. The number of hydrogen-bond acceptors (Lipinski definition) is 2. The highest BCUT2D eigenvalue weighted by atomic mass is 79.9. The smallest absolute Gasteiger partial charge is 0.0934 e. The van der Waals surface area contributed by atoms with Crippen molar-refractivity contribution in [2.24, 2.45) is 0 Å². The van der Waals surface area contributed by atoms with Crippen LogP contribution in [-0.4, -0.2) is 4.98 Å². The van der Waals surface area contributed by atoms with E-state index in [9.17, 15) is 0 Å². The van der Waals surface area contributed by atoms with Gasteiger partial charge in [0.05, 0.1) is 14.5 Å². The van der Waals surface area contributed by atoms with Crippen molar-refractivity contribution >= 4 is 27.3 Å². The lowest BCUT2D eigenvalue weighted by atomic mass is 9.83. The van der Waals surface area contributed by atoms with Crippen LogP contribution >= 0.6 is 27.3 Å². The molecule has 0 aliphatic heterocycles. The number of nitrogens with zero attached hydrogens (tertiary/aromatic N) is 1. The highest BCUT2D eigenvalue weighted by Gasteiger charge is 2.24. The molecular formula is C8H10BrNS. The molecule has 1 aromatic rings. The molecule has 0 aromatic carbocycles. The first-order chi connectivity index (χ1) is 5.27. The fraction of sp³-hybridized carbons (Fsp3) is 0.625. The molecule has 1 heterocycles. The van der Waals surface area contributed by atoms with Crippen LogP contribution in [0, 0.1) is 6.92 Å². The van der Waals surface area contributed by atoms with Crippen molar-refractivity contribution in [3.8, 4) is 0 Å². The Morgan fingerprint density at radius 1 is 1.55 bits per heavy atom. The van der Waals surface area contributed by atoms with Gasteiger partial charge in [-0.05, 0) is 35.7 Å². The molecule has 0 unspecified atom stereocenters. The molecule has 0 saturated heterocycles. The predicted octanol–water partition coefficient (Wildman–Crippen LogP) is 3.48. The molecule has 1 aliphatic rings. The van der Waals surface area contributed by atoms with Crippen molar-refractivity contribution in [3.05, 3.63) is 14.5 Å². The van der Waals surface area contributed by atoms with E-state index in [0.717, 1.165) is 5.92 Å². The molecule has 3 heteroatoms. The minimum Gasteiger partial charge on any atom is -0.245 e. The first-order valence-corrected chi connectivity index (χ1v) is 5.51. The fourth-order valence-electron chi connectivity index (χ4n) is 1.35. The fourth-order valence-corrected chi connectivity index (χ4v) is 3.19. The lowest BCUT2D eigenvalue weighted by Crippen LogP contribution is -2.09. The van der Waals surface area contributed by atoms with E-state index in [1.165, 1.54) is 33.8 Å². The summed E-state index contributed by atoms with van der Waals surface area (Å²) in [7, 11) is 0. The van der Waals surface area contributed by atoms with Crippen molar-refractivity contribution in [2.45, 2.75) is 32.1 Å². The average molecular weight is 232 g/mol. The summed E-state index contributed by atoms with van der Waals surface area (Å²) in [4.78, 5) is 4.50. The Hall–Kier alpha value is 0.110. The standard InChI is InChI=1S/C8H10BrNS/c1-5-10-7(8(9)11-5)6-3-2-4-6/h6H,2-4H2,1H3. The third-order valence-electron chi connectivity index (χ3n) is 2.21. The molecule has 1 nitrogen and oxygen atoms in total. The molecule has 11 heavy (non-hydrogen) atoms. The lowest BCUT2D eigenvalue weighted by Gasteiger charge is -2.23. The van der Waals surface area contributed by atoms with E-state index in [1.54, 1.807) is 11.3 Å². The minimum absolute atomic E-state index is 0.759. The van der Waals surface area contributed by atoms with Gasteiger partial charge in [0.15, 0.2) is 0 Å². The molecule has 0 amide bonds. The van der Waals surface area contributed by atoms with E-state index < -0.39 is 0 Å². The summed E-state index contributed by atoms with van der Waals surface area (Å²) in [5, 5.41) is 1.18. The highest BCUT2D eigenvalue weighted by Crippen LogP contribution is 2.41. The second-order valence-electron chi connectivity index (χ2n) is 3.02. The molecular weight excluding hydrogens is 222 g/mol. The van der Waals surface area contributed by atoms with Gasteiger partial charge in [0, 0.05) is 5.92 Å². The van der Waals surface area contributed by atoms with Crippen LogP contribution in [-0.2, 0) is 0 Å². The molecule has 1 fully saturated rings. The van der Waals surface area contributed by atoms with E-state index in [1.807, 2.05) is 0 Å². The van der Waals surface area contributed by atoms with Gasteiger partial charge in [0.25, 0.3) is 0 Å². The number of aromatic nitrogens is 1. The SMILES string of the molecule is Cc1nc(C2CCC2)c(Br)s1. The van der Waals surface area contributed by atoms with Crippen molar-refractivity contribution < 1.29 is 0 Å². The van der Waals surface area contributed by atoms with Gasteiger partial charge in [0.2, 0.25) is 0 Å². The minimum atomic E-state index is 0.759. The Labute approximate surface area is 79.0 Å². The van der Waals surface area contributed by atoms with Crippen LogP contribution in [0.15, 0.2) is 3.79 Å². The van der Waals surface area contributed by atoms with E-state index in [2.05, 4.69) is 27.8 Å². The molecule has 0 atom stereocenters. The Balaban J connectivity index is 2.28. The first-order valence-electron chi connectivity index (χ1n) is 3.90. The second-order valence-corrected chi connectivity index (χ2v) is 5.54. The maximum Gasteiger partial charge on any atom is 0.0934 e. The summed E-state index contributed by atoms with van der Waals surface area (Å²) in [5.74, 6) is 0.759. The normalized spacial score (nSPS) is 18.4. The van der Waals surface area contributed by atoms with Gasteiger partial charge in [-0.2, -0.15) is 0 Å². The Morgan fingerprint density at radius 2 is 2.27 bits per heavy atom. The summed E-state index contributed by atoms with van der Waals surface area (Å²) in [6.07, 6.45) is 4.05. The Kier molecular flexibility index (Phi) is 2.02. The molecule has 0 radical (unpaired) electrons. The molecule has 1 saturated carbocycles. The van der Waals surface area contributed by atoms with Crippen LogP contribution in [0.1, 0.15) is 35.9 Å². The zero-order valence-corrected chi connectivity index (χ0v) is 8.83. The van der Waals surface area contributed by atoms with Crippen LogP contribution in [0.2, 0.25) is 0 Å². The summed E-state index contributed by atoms with van der Waals surface area (Å²) in [5.41, 5.74) is 1.30. The van der Waals surface area contributed by atoms with Crippen molar-refractivity contribution in [3.63, 3.8) is 0 Å². The van der Waals surface area contributed by atoms with Crippen molar-refractivity contribution in [2.75, 3.05) is 0 Å². The zero-order valence-electron chi connectivity index (χ0n) is 6.43. The predicted molar refractivity (Wildman–Crippen MR) is 51.1 cm³/mol. The molecule has 60 valence electrons. The summed E-state index contributed by atoms with van der Waals surface area (Å²) in [6, 6.07) is 0. The van der Waals surface area contributed by atoms with Gasteiger partial charge < -0.3 is 0 Å². The molecule has 1 aliphatic carbocycles. The topological polar surface area (TPSA) is 12.9 Å². The van der Waals surface area contributed by atoms with Crippen LogP contribution in [0.5, 0.6) is 0 Å². The Bertz CT molecular complexity index is 265. The molecule has 0 N–H and O–H groups in total. The van der Waals surface area contributed by atoms with Crippen LogP contribution < -0.4 is 0 Å². The van der Waals surface area contributed by atoms with Gasteiger partial charge in [-0.15, -0.1) is 11.3 Å². The maximum atomic E-state index is 4.50. The number of aryl methyl sites for hydroxylation is 1. The van der Waals surface area contributed by atoms with Gasteiger partial charge >= 0.3 is 0 Å². The summed E-state index contributed by atoms with van der Waals surface area (Å²) in [6.45, 7) is 2.07. The van der Waals surface area contributed by atoms with Crippen LogP contribution in [0.3, 0.4) is 0 Å². The summed E-state index contributed by atoms with van der Waals surface area (Å²) >= 11 is 5.30. The summed E-state index contributed by atoms with van der Waals surface area (Å²) < 4.78 is 1.25. The van der Waals surface area contributed by atoms with Crippen LogP contribution in [0.4, 0.5) is 0 Å². The van der Waals surface area contributed by atoms with Gasteiger partial charge in [-0.25, -0.2) is 4.98 Å². The third kappa shape index (κ3) is 1.36. The number of hydrogen-bond donors (Lipinski definition) is 0. The molecule has 2 rings (SSSR count). The van der Waals surface area contributed by atoms with Gasteiger partial charge in [-0.3, -0.25) is 0 Å².